The molecular weight excluding hydrogens is 336 g/mol. The number of nitrogens with two attached hydrogens (primary N) is 1. The highest BCUT2D eigenvalue weighted by Crippen LogP contribution is 2.22. The third-order valence-corrected chi connectivity index (χ3v) is 5.36. The summed E-state index contributed by atoms with van der Waals surface area (Å²) in [6, 6.07) is 4.78. The van der Waals surface area contributed by atoms with Gasteiger partial charge in [0.2, 0.25) is 0 Å². The summed E-state index contributed by atoms with van der Waals surface area (Å²) in [5.74, 6) is 0.292. The number of nitrogens with one attached hydrogen (secondary N) is 3. The Morgan fingerprint density at radius 1 is 1.30 bits per heavy atom. The van der Waals surface area contributed by atoms with Gasteiger partial charge < -0.3 is 21.7 Å². The lowest BCUT2D eigenvalue weighted by atomic mass is 9.91. The average Bonchev–Trinajstić information content (AvgIpc) is 2.69. The third kappa shape index (κ3) is 4.67. The van der Waals surface area contributed by atoms with Crippen LogP contribution in [0.25, 0.3) is 12.3 Å². The van der Waals surface area contributed by atoms with Crippen molar-refractivity contribution >= 4 is 23.7 Å². The van der Waals surface area contributed by atoms with Crippen molar-refractivity contribution in [1.29, 1.82) is 0 Å². The molecule has 0 aliphatic carbocycles. The van der Waals surface area contributed by atoms with Gasteiger partial charge in [-0.05, 0) is 49.7 Å². The molecule has 2 heterocycles. The van der Waals surface area contributed by atoms with E-state index in [1.54, 1.807) is 19.2 Å². The molecule has 1 aromatic rings. The molecule has 2 aliphatic rings. The maximum atomic E-state index is 11.8. The van der Waals surface area contributed by atoms with Crippen LogP contribution in [0, 0.1) is 0 Å². The van der Waals surface area contributed by atoms with Gasteiger partial charge in [-0.1, -0.05) is 30.9 Å². The van der Waals surface area contributed by atoms with Crippen LogP contribution >= 0.6 is 0 Å². The highest BCUT2D eigenvalue weighted by atomic mass is 16.1. The Kier molecular flexibility index (Phi) is 6.48. The fourth-order valence-corrected chi connectivity index (χ4v) is 3.85. The van der Waals surface area contributed by atoms with E-state index in [1.807, 2.05) is 6.08 Å². The molecule has 1 saturated heterocycles. The van der Waals surface area contributed by atoms with Gasteiger partial charge in [0.05, 0.1) is 0 Å². The number of allylic oxidation sites excluding steroid dienone is 1. The molecule has 1 fully saturated rings. The van der Waals surface area contributed by atoms with Gasteiger partial charge in [0.25, 0.3) is 0 Å². The number of piperidine rings is 1. The van der Waals surface area contributed by atoms with Crippen LogP contribution in [0.5, 0.6) is 0 Å². The van der Waals surface area contributed by atoms with E-state index in [0.717, 1.165) is 54.2 Å². The Morgan fingerprint density at radius 2 is 2.07 bits per heavy atom. The topological polar surface area (TPSA) is 79.2 Å². The molecule has 0 saturated carbocycles. The maximum Gasteiger partial charge on any atom is 0.156 e. The number of carbonyl (C=O) groups excluding carboxylic acids is 1. The lowest BCUT2D eigenvalue weighted by Crippen LogP contribution is -2.39. The van der Waals surface area contributed by atoms with Crippen LogP contribution in [0.1, 0.15) is 31.2 Å². The molecule has 0 aromatic heterocycles. The second-order valence-electron chi connectivity index (χ2n) is 7.29. The minimum atomic E-state index is 0.130. The van der Waals surface area contributed by atoms with E-state index in [0.29, 0.717) is 12.6 Å². The molecule has 0 spiro atoms. The number of ketones is 1. The van der Waals surface area contributed by atoms with Crippen molar-refractivity contribution in [2.45, 2.75) is 31.7 Å². The molecule has 0 amide bonds. The lowest BCUT2D eigenvalue weighted by molar-refractivity contribution is -0.113. The zero-order valence-corrected chi connectivity index (χ0v) is 16.1. The van der Waals surface area contributed by atoms with Crippen LogP contribution in [-0.4, -0.2) is 38.0 Å². The van der Waals surface area contributed by atoms with E-state index in [1.165, 1.54) is 5.56 Å². The Balaban J connectivity index is 2.04. The van der Waals surface area contributed by atoms with E-state index in [9.17, 15) is 4.79 Å². The maximum absolute atomic E-state index is 11.8. The number of hydrogen-bond donors (Lipinski definition) is 4. The molecule has 3 rings (SSSR count). The highest BCUT2D eigenvalue weighted by molar-refractivity contribution is 5.94. The predicted molar refractivity (Wildman–Crippen MR) is 113 cm³/mol. The molecule has 0 radical (unpaired) electrons. The first kappa shape index (κ1) is 19.4. The second-order valence-corrected chi connectivity index (χ2v) is 7.29. The molecule has 2 aliphatic heterocycles. The summed E-state index contributed by atoms with van der Waals surface area (Å²) in [6.07, 6.45) is 9.73. The largest absolute Gasteiger partial charge is 0.404 e. The monoisotopic (exact) mass is 366 g/mol. The van der Waals surface area contributed by atoms with E-state index in [2.05, 4.69) is 40.7 Å². The first-order chi connectivity index (χ1) is 13.1. The number of hydrogen-bond acceptors (Lipinski definition) is 5. The van der Waals surface area contributed by atoms with Crippen molar-refractivity contribution in [3.63, 3.8) is 0 Å². The number of carbonyl (C=O) groups is 1. The molecule has 1 atom stereocenters. The van der Waals surface area contributed by atoms with Crippen molar-refractivity contribution < 1.29 is 4.79 Å². The van der Waals surface area contributed by atoms with Crippen LogP contribution in [0.15, 0.2) is 36.4 Å². The first-order valence-corrected chi connectivity index (χ1v) is 9.70. The van der Waals surface area contributed by atoms with Crippen molar-refractivity contribution in [2.75, 3.05) is 31.5 Å². The SMILES string of the molecule is C=C/C=c1/cc(C2C=C(C(C)=O)CNC2)cc(NC2CCNCC2)/c1=C/N. The summed E-state index contributed by atoms with van der Waals surface area (Å²) < 4.78 is 0. The van der Waals surface area contributed by atoms with E-state index < -0.39 is 0 Å². The zero-order valence-electron chi connectivity index (χ0n) is 16.1. The van der Waals surface area contributed by atoms with Gasteiger partial charge in [0.1, 0.15) is 0 Å². The summed E-state index contributed by atoms with van der Waals surface area (Å²) in [5, 5.41) is 12.5. The molecule has 5 N–H and O–H groups in total. The minimum absolute atomic E-state index is 0.130. The van der Waals surface area contributed by atoms with Gasteiger partial charge in [0, 0.05) is 47.7 Å². The summed E-state index contributed by atoms with van der Waals surface area (Å²) >= 11 is 0. The fraction of sp³-hybridized carbons (Fsp3) is 0.409. The molecule has 144 valence electrons. The molecular formula is C22H30N4O. The quantitative estimate of drug-likeness (QED) is 0.618. The summed E-state index contributed by atoms with van der Waals surface area (Å²) in [6.45, 7) is 9.00. The second kappa shape index (κ2) is 9.02. The summed E-state index contributed by atoms with van der Waals surface area (Å²) in [7, 11) is 0. The minimum Gasteiger partial charge on any atom is -0.404 e. The number of anilines is 1. The lowest BCUT2D eigenvalue weighted by Gasteiger charge is -2.26. The molecule has 5 nitrogen and oxygen atoms in total. The van der Waals surface area contributed by atoms with Crippen molar-refractivity contribution in [1.82, 2.24) is 10.6 Å². The van der Waals surface area contributed by atoms with Crippen LogP contribution in [0.2, 0.25) is 0 Å². The van der Waals surface area contributed by atoms with Crippen LogP contribution in [0.3, 0.4) is 0 Å². The normalized spacial score (nSPS) is 22.4. The standard InChI is InChI=1S/C22H30N4O/c1-3-4-16-9-17(19-10-18(15(2)27)13-25-14-19)11-22(21(16)12-23)26-20-5-7-24-8-6-20/h3-4,9-12,19-20,24-26H,1,5-8,13-14,23H2,2H3/b16-4-,21-12+. The Morgan fingerprint density at radius 3 is 2.74 bits per heavy atom. The van der Waals surface area contributed by atoms with Gasteiger partial charge >= 0.3 is 0 Å². The first-order valence-electron chi connectivity index (χ1n) is 9.70. The van der Waals surface area contributed by atoms with Gasteiger partial charge in [-0.15, -0.1) is 0 Å². The van der Waals surface area contributed by atoms with E-state index in [4.69, 9.17) is 5.73 Å². The Labute approximate surface area is 161 Å². The third-order valence-electron chi connectivity index (χ3n) is 5.36. The van der Waals surface area contributed by atoms with Crippen molar-refractivity contribution in [3.05, 3.63) is 52.4 Å². The summed E-state index contributed by atoms with van der Waals surface area (Å²) in [4.78, 5) is 11.8. The number of rotatable bonds is 5. The van der Waals surface area contributed by atoms with Crippen molar-refractivity contribution in [2.24, 2.45) is 5.73 Å². The fourth-order valence-electron chi connectivity index (χ4n) is 3.85. The smallest absolute Gasteiger partial charge is 0.156 e. The van der Waals surface area contributed by atoms with Crippen LogP contribution in [0.4, 0.5) is 5.69 Å². The number of Topliss-reactive ketones (excluding diaryl/α,β-unsaturated/α-hetero) is 1. The zero-order chi connectivity index (χ0) is 19.2. The van der Waals surface area contributed by atoms with Crippen molar-refractivity contribution in [3.8, 4) is 0 Å². The number of benzene rings is 1. The molecule has 27 heavy (non-hydrogen) atoms. The predicted octanol–water partition coefficient (Wildman–Crippen LogP) is 0.716. The van der Waals surface area contributed by atoms with Crippen LogP contribution < -0.4 is 32.1 Å². The van der Waals surface area contributed by atoms with Gasteiger partial charge in [-0.25, -0.2) is 0 Å². The van der Waals surface area contributed by atoms with E-state index >= 15 is 0 Å². The Hall–Kier alpha value is -2.37. The van der Waals surface area contributed by atoms with Gasteiger partial charge in [0.15, 0.2) is 5.78 Å². The highest BCUT2D eigenvalue weighted by Gasteiger charge is 2.19. The van der Waals surface area contributed by atoms with Gasteiger partial charge in [-0.2, -0.15) is 0 Å². The molecule has 1 aromatic carbocycles. The molecule has 0 bridgehead atoms. The Bertz CT molecular complexity index is 850. The summed E-state index contributed by atoms with van der Waals surface area (Å²) in [5.41, 5.74) is 9.06. The van der Waals surface area contributed by atoms with E-state index in [-0.39, 0.29) is 11.7 Å². The molecule has 1 unspecified atom stereocenters. The van der Waals surface area contributed by atoms with Gasteiger partial charge in [-0.3, -0.25) is 4.79 Å². The van der Waals surface area contributed by atoms with Crippen LogP contribution in [-0.2, 0) is 4.79 Å². The molecule has 5 heteroatoms. The average molecular weight is 367 g/mol.